The molecule has 0 saturated heterocycles. The standard InChI is InChI=1S/C39H44N9O3P/c1-24-18-28(20-26(22-40)36(24)42)45-37-43-17-16-35(48-37)51-32-15-14-31(29-12-7-8-13-30(29)32)46-38(49)47-34(21-33(41)39(2,3)4)44-27-11-9-10-25(19-27)23-52(5,6)50/h7-22,40-41,44H,23,42H2,1-6H3,(H,43,45,48)(H2,46,47,49)/b34-21+,40-22?,41-33?. The summed E-state index contributed by atoms with van der Waals surface area (Å²) < 4.78 is 18.7. The molecule has 268 valence electrons. The lowest BCUT2D eigenvalue weighted by Gasteiger charge is -2.20. The largest absolute Gasteiger partial charge is 0.438 e. The topological polar surface area (TPSA) is 191 Å². The lowest BCUT2D eigenvalue weighted by Crippen LogP contribution is -2.32. The van der Waals surface area contributed by atoms with Crippen LogP contribution in [-0.4, -0.2) is 41.3 Å². The van der Waals surface area contributed by atoms with Crippen molar-refractivity contribution in [2.45, 2.75) is 33.9 Å². The van der Waals surface area contributed by atoms with E-state index >= 15 is 0 Å². The number of aryl methyl sites for hydroxylation is 1. The number of benzene rings is 4. The second kappa shape index (κ2) is 15.5. The van der Waals surface area contributed by atoms with E-state index in [2.05, 4.69) is 31.2 Å². The molecule has 5 aromatic rings. The van der Waals surface area contributed by atoms with Crippen LogP contribution in [0.5, 0.6) is 11.6 Å². The number of nitrogen functional groups attached to an aromatic ring is 1. The third kappa shape index (κ3) is 9.82. The number of nitrogens with zero attached hydrogens (tertiary/aromatic N) is 2. The van der Waals surface area contributed by atoms with Crippen LogP contribution < -0.4 is 31.7 Å². The average molecular weight is 718 g/mol. The third-order valence-electron chi connectivity index (χ3n) is 7.92. The minimum atomic E-state index is -2.30. The van der Waals surface area contributed by atoms with Gasteiger partial charge in [0.25, 0.3) is 0 Å². The van der Waals surface area contributed by atoms with Gasteiger partial charge in [-0.25, -0.2) is 9.78 Å². The first kappa shape index (κ1) is 37.3. The van der Waals surface area contributed by atoms with Gasteiger partial charge in [-0.05, 0) is 67.8 Å². The van der Waals surface area contributed by atoms with Gasteiger partial charge in [0.15, 0.2) is 0 Å². The number of carbonyl (C=O) groups is 1. The molecule has 0 bridgehead atoms. The van der Waals surface area contributed by atoms with Crippen LogP contribution in [0, 0.1) is 23.2 Å². The van der Waals surface area contributed by atoms with Crippen LogP contribution in [0.2, 0.25) is 0 Å². The Labute approximate surface area is 303 Å². The first-order chi connectivity index (χ1) is 24.6. The lowest BCUT2D eigenvalue weighted by molar-refractivity contribution is 0.254. The van der Waals surface area contributed by atoms with Gasteiger partial charge in [0.05, 0.1) is 12.8 Å². The number of aromatic nitrogens is 2. The molecular formula is C39H44N9O3P. The van der Waals surface area contributed by atoms with Crippen LogP contribution in [0.3, 0.4) is 0 Å². The molecule has 0 spiro atoms. The van der Waals surface area contributed by atoms with Gasteiger partial charge in [-0.15, -0.1) is 0 Å². The van der Waals surface area contributed by atoms with Crippen LogP contribution in [-0.2, 0) is 10.7 Å². The minimum absolute atomic E-state index is 0.299. The highest BCUT2D eigenvalue weighted by Crippen LogP contribution is 2.40. The van der Waals surface area contributed by atoms with Crippen molar-refractivity contribution in [1.29, 1.82) is 10.8 Å². The number of amides is 2. The molecule has 0 radical (unpaired) electrons. The van der Waals surface area contributed by atoms with Gasteiger partial charge in [-0.1, -0.05) is 57.2 Å². The Morgan fingerprint density at radius 2 is 1.71 bits per heavy atom. The molecule has 0 aliphatic rings. The van der Waals surface area contributed by atoms with Gasteiger partial charge >= 0.3 is 6.03 Å². The van der Waals surface area contributed by atoms with Crippen LogP contribution in [0.4, 0.5) is 33.5 Å². The summed E-state index contributed by atoms with van der Waals surface area (Å²) in [5.41, 5.74) is 10.7. The molecule has 13 heteroatoms. The molecule has 0 atom stereocenters. The number of fused-ring (bicyclic) bond motifs is 1. The smallest absolute Gasteiger partial charge is 0.324 e. The zero-order valence-corrected chi connectivity index (χ0v) is 31.0. The van der Waals surface area contributed by atoms with E-state index in [9.17, 15) is 9.36 Å². The Morgan fingerprint density at radius 1 is 0.962 bits per heavy atom. The summed E-state index contributed by atoms with van der Waals surface area (Å²) in [6, 6.07) is 23.3. The molecule has 0 saturated carbocycles. The van der Waals surface area contributed by atoms with Crippen molar-refractivity contribution in [2.75, 3.05) is 35.0 Å². The molecular weight excluding hydrogens is 673 g/mol. The summed E-state index contributed by atoms with van der Waals surface area (Å²) >= 11 is 0. The molecule has 52 heavy (non-hydrogen) atoms. The monoisotopic (exact) mass is 717 g/mol. The Hall–Kier alpha value is -6.00. The SMILES string of the molecule is Cc1cc(Nc2nccc(Oc3ccc(NC(=O)N/C(=C/C(=N)C(C)(C)C)Nc4cccc(CP(C)(C)=O)c4)c4ccccc34)n2)cc(C=N)c1N. The molecule has 1 aromatic heterocycles. The Balaban J connectivity index is 1.36. The van der Waals surface area contributed by atoms with E-state index < -0.39 is 18.6 Å². The fourth-order valence-electron chi connectivity index (χ4n) is 5.27. The van der Waals surface area contributed by atoms with E-state index in [4.69, 9.17) is 21.3 Å². The van der Waals surface area contributed by atoms with E-state index in [1.807, 2.05) is 82.3 Å². The highest BCUT2D eigenvalue weighted by molar-refractivity contribution is 7.61. The van der Waals surface area contributed by atoms with E-state index in [0.717, 1.165) is 21.9 Å². The zero-order chi connectivity index (χ0) is 37.6. The van der Waals surface area contributed by atoms with E-state index in [-0.39, 0.29) is 0 Å². The Bertz CT molecular complexity index is 2240. The maximum Gasteiger partial charge on any atom is 0.324 e. The normalized spacial score (nSPS) is 11.8. The van der Waals surface area contributed by atoms with Crippen molar-refractivity contribution in [2.24, 2.45) is 5.41 Å². The highest BCUT2D eigenvalue weighted by Gasteiger charge is 2.18. The number of ether oxygens (including phenoxy) is 1. The van der Waals surface area contributed by atoms with Crippen molar-refractivity contribution >= 4 is 64.6 Å². The van der Waals surface area contributed by atoms with Crippen molar-refractivity contribution in [3.63, 3.8) is 0 Å². The number of carbonyl (C=O) groups excluding carboxylic acids is 1. The van der Waals surface area contributed by atoms with Crippen LogP contribution in [0.1, 0.15) is 37.5 Å². The molecule has 0 fully saturated rings. The average Bonchev–Trinajstić information content (AvgIpc) is 3.06. The fraction of sp³-hybridized carbons (Fsp3) is 0.205. The van der Waals surface area contributed by atoms with E-state index in [1.165, 1.54) is 6.21 Å². The maximum atomic E-state index is 13.5. The zero-order valence-electron chi connectivity index (χ0n) is 30.1. The summed E-state index contributed by atoms with van der Waals surface area (Å²) in [7, 11) is -2.30. The number of nitrogens with two attached hydrogens (primary N) is 1. The van der Waals surface area contributed by atoms with Crippen LogP contribution in [0.15, 0.2) is 97.0 Å². The molecule has 0 aliphatic carbocycles. The molecule has 0 aliphatic heterocycles. The molecule has 0 unspecified atom stereocenters. The van der Waals surface area contributed by atoms with Gasteiger partial charge < -0.3 is 41.8 Å². The number of anilines is 5. The Kier molecular flexibility index (Phi) is 11.1. The lowest BCUT2D eigenvalue weighted by atomic mass is 9.90. The predicted molar refractivity (Wildman–Crippen MR) is 213 cm³/mol. The van der Waals surface area contributed by atoms with Crippen molar-refractivity contribution in [3.05, 3.63) is 114 Å². The number of nitrogens with one attached hydrogen (secondary N) is 6. The van der Waals surface area contributed by atoms with Crippen LogP contribution >= 0.6 is 7.14 Å². The summed E-state index contributed by atoms with van der Waals surface area (Å²) in [6.45, 7) is 11.1. The minimum Gasteiger partial charge on any atom is -0.438 e. The summed E-state index contributed by atoms with van der Waals surface area (Å²) in [4.78, 5) is 22.3. The van der Waals surface area contributed by atoms with Gasteiger partial charge in [0, 0.05) is 75.2 Å². The highest BCUT2D eigenvalue weighted by atomic mass is 31.2. The maximum absolute atomic E-state index is 13.5. The molecule has 1 heterocycles. The van der Waals surface area contributed by atoms with Gasteiger partial charge in [-0.2, -0.15) is 4.98 Å². The van der Waals surface area contributed by atoms with Gasteiger partial charge in [-0.3, -0.25) is 5.32 Å². The predicted octanol–water partition coefficient (Wildman–Crippen LogP) is 9.32. The summed E-state index contributed by atoms with van der Waals surface area (Å²) in [5, 5.41) is 30.0. The first-order valence-electron chi connectivity index (χ1n) is 16.6. The van der Waals surface area contributed by atoms with Gasteiger partial charge in [0.2, 0.25) is 11.8 Å². The molecule has 4 aromatic carbocycles. The molecule has 12 nitrogen and oxygen atoms in total. The number of allylic oxidation sites excluding steroid dienone is 1. The Morgan fingerprint density at radius 3 is 2.42 bits per heavy atom. The number of hydrogen-bond acceptors (Lipinski definition) is 10. The molecule has 8 N–H and O–H groups in total. The number of hydrogen-bond donors (Lipinski definition) is 7. The number of rotatable bonds is 12. The molecule has 2 amide bonds. The third-order valence-corrected chi connectivity index (χ3v) is 9.05. The van der Waals surface area contributed by atoms with E-state index in [0.29, 0.717) is 63.6 Å². The second-order valence-corrected chi connectivity index (χ2v) is 17.4. The number of urea groups is 1. The van der Waals surface area contributed by atoms with Crippen molar-refractivity contribution < 1.29 is 14.1 Å². The fourth-order valence-corrected chi connectivity index (χ4v) is 6.35. The second-order valence-electron chi connectivity index (χ2n) is 13.9. The van der Waals surface area contributed by atoms with Gasteiger partial charge in [0.1, 0.15) is 11.6 Å². The van der Waals surface area contributed by atoms with Crippen molar-refractivity contribution in [1.82, 2.24) is 15.3 Å². The quantitative estimate of drug-likeness (QED) is 0.0377. The summed E-state index contributed by atoms with van der Waals surface area (Å²) in [5.74, 6) is 1.43. The van der Waals surface area contributed by atoms with Crippen LogP contribution in [0.25, 0.3) is 10.8 Å². The molecule has 5 rings (SSSR count). The first-order valence-corrected chi connectivity index (χ1v) is 19.4. The van der Waals surface area contributed by atoms with E-state index in [1.54, 1.807) is 49.9 Å². The van der Waals surface area contributed by atoms with Crippen molar-refractivity contribution in [3.8, 4) is 11.6 Å². The summed E-state index contributed by atoms with van der Waals surface area (Å²) in [6.07, 6.45) is 4.83.